The molecule has 1 aromatic rings. The number of nitro groups is 1. The Morgan fingerprint density at radius 1 is 1.40 bits per heavy atom. The monoisotopic (exact) mass is 220 g/mol. The molecule has 0 spiro atoms. The highest BCUT2D eigenvalue weighted by Gasteiger charge is 2.38. The molecule has 0 aliphatic carbocycles. The summed E-state index contributed by atoms with van der Waals surface area (Å²) in [6.07, 6.45) is -4.74. The normalized spacial score (nSPS) is 11.5. The number of halogens is 3. The third-order valence-electron chi connectivity index (χ3n) is 1.80. The Morgan fingerprint density at radius 3 is 2.40 bits per heavy atom. The molecule has 7 heteroatoms. The Balaban J connectivity index is 3.36. The maximum absolute atomic E-state index is 12.4. The molecule has 82 valence electrons. The van der Waals surface area contributed by atoms with Crippen molar-refractivity contribution < 1.29 is 18.1 Å². The van der Waals surface area contributed by atoms with Crippen molar-refractivity contribution in [3.8, 4) is 0 Å². The van der Waals surface area contributed by atoms with Crippen LogP contribution in [0.15, 0.2) is 18.2 Å². The molecule has 1 aromatic carbocycles. The second kappa shape index (κ2) is 3.85. The van der Waals surface area contributed by atoms with E-state index in [-0.39, 0.29) is 12.1 Å². The average molecular weight is 220 g/mol. The third-order valence-corrected chi connectivity index (χ3v) is 1.80. The van der Waals surface area contributed by atoms with Crippen LogP contribution in [0.1, 0.15) is 11.1 Å². The van der Waals surface area contributed by atoms with Crippen molar-refractivity contribution in [2.45, 2.75) is 12.7 Å². The highest BCUT2D eigenvalue weighted by atomic mass is 19.4. The van der Waals surface area contributed by atoms with E-state index in [1.807, 2.05) is 0 Å². The van der Waals surface area contributed by atoms with Crippen molar-refractivity contribution in [2.24, 2.45) is 5.73 Å². The van der Waals surface area contributed by atoms with Crippen LogP contribution in [0.2, 0.25) is 0 Å². The largest absolute Gasteiger partial charge is 0.423 e. The number of nitrogens with zero attached hydrogens (tertiary/aromatic N) is 1. The molecule has 0 radical (unpaired) electrons. The standard InChI is InChI=1S/C8H7F3N2O2/c9-8(10,11)6-3-5(4-12)1-2-7(6)13(14)15/h1-3H,4,12H2. The van der Waals surface area contributed by atoms with Crippen LogP contribution in [-0.2, 0) is 12.7 Å². The van der Waals surface area contributed by atoms with E-state index in [9.17, 15) is 23.3 Å². The van der Waals surface area contributed by atoms with Crippen LogP contribution in [0, 0.1) is 10.1 Å². The number of alkyl halides is 3. The van der Waals surface area contributed by atoms with Crippen molar-refractivity contribution in [3.05, 3.63) is 39.4 Å². The predicted molar refractivity (Wildman–Crippen MR) is 46.0 cm³/mol. The van der Waals surface area contributed by atoms with Gasteiger partial charge in [-0.2, -0.15) is 13.2 Å². The molecule has 0 aromatic heterocycles. The molecule has 2 N–H and O–H groups in total. The molecule has 0 heterocycles. The lowest BCUT2D eigenvalue weighted by Crippen LogP contribution is -2.10. The number of hydrogen-bond acceptors (Lipinski definition) is 3. The van der Waals surface area contributed by atoms with Crippen molar-refractivity contribution in [2.75, 3.05) is 0 Å². The maximum Gasteiger partial charge on any atom is 0.423 e. The van der Waals surface area contributed by atoms with Crippen molar-refractivity contribution in [1.29, 1.82) is 0 Å². The molecule has 0 fully saturated rings. The van der Waals surface area contributed by atoms with Crippen LogP contribution in [0.3, 0.4) is 0 Å². The Hall–Kier alpha value is -1.63. The molecule has 0 amide bonds. The lowest BCUT2D eigenvalue weighted by Gasteiger charge is -2.08. The fourth-order valence-electron chi connectivity index (χ4n) is 1.10. The zero-order valence-electron chi connectivity index (χ0n) is 7.41. The summed E-state index contributed by atoms with van der Waals surface area (Å²) in [5.41, 5.74) is 3.13. The lowest BCUT2D eigenvalue weighted by atomic mass is 10.1. The lowest BCUT2D eigenvalue weighted by molar-refractivity contribution is -0.388. The number of nitro benzene ring substituents is 1. The molecular weight excluding hydrogens is 213 g/mol. The van der Waals surface area contributed by atoms with Crippen LogP contribution >= 0.6 is 0 Å². The van der Waals surface area contributed by atoms with Gasteiger partial charge in [-0.1, -0.05) is 6.07 Å². The Morgan fingerprint density at radius 2 is 2.00 bits per heavy atom. The van der Waals surface area contributed by atoms with Gasteiger partial charge in [-0.3, -0.25) is 10.1 Å². The number of rotatable bonds is 2. The number of benzene rings is 1. The van der Waals surface area contributed by atoms with Gasteiger partial charge >= 0.3 is 6.18 Å². The Bertz CT molecular complexity index is 390. The van der Waals surface area contributed by atoms with Gasteiger partial charge in [0.25, 0.3) is 5.69 Å². The van der Waals surface area contributed by atoms with Gasteiger partial charge in [-0.25, -0.2) is 0 Å². The van der Waals surface area contributed by atoms with E-state index >= 15 is 0 Å². The topological polar surface area (TPSA) is 69.2 Å². The molecule has 0 bridgehead atoms. The second-order valence-electron chi connectivity index (χ2n) is 2.81. The van der Waals surface area contributed by atoms with Crippen LogP contribution in [0.4, 0.5) is 18.9 Å². The summed E-state index contributed by atoms with van der Waals surface area (Å²) in [5, 5.41) is 10.3. The van der Waals surface area contributed by atoms with Gasteiger partial charge in [-0.05, 0) is 11.6 Å². The molecular formula is C8H7F3N2O2. The van der Waals surface area contributed by atoms with Crippen LogP contribution < -0.4 is 5.73 Å². The van der Waals surface area contributed by atoms with E-state index in [4.69, 9.17) is 5.73 Å². The molecule has 4 nitrogen and oxygen atoms in total. The average Bonchev–Trinajstić information content (AvgIpc) is 2.15. The molecule has 0 atom stereocenters. The summed E-state index contributed by atoms with van der Waals surface area (Å²) < 4.78 is 37.1. The fourth-order valence-corrected chi connectivity index (χ4v) is 1.10. The van der Waals surface area contributed by atoms with Gasteiger partial charge in [0, 0.05) is 12.6 Å². The Labute approximate surface area is 82.7 Å². The van der Waals surface area contributed by atoms with Gasteiger partial charge in [-0.15, -0.1) is 0 Å². The van der Waals surface area contributed by atoms with Crippen LogP contribution in [-0.4, -0.2) is 4.92 Å². The summed E-state index contributed by atoms with van der Waals surface area (Å²) in [6.45, 7) is -0.0962. The zero-order chi connectivity index (χ0) is 11.6. The maximum atomic E-state index is 12.4. The van der Waals surface area contributed by atoms with Crippen LogP contribution in [0.25, 0.3) is 0 Å². The van der Waals surface area contributed by atoms with E-state index in [0.29, 0.717) is 6.07 Å². The van der Waals surface area contributed by atoms with Gasteiger partial charge in [0.1, 0.15) is 5.56 Å². The Kier molecular flexibility index (Phi) is 2.94. The van der Waals surface area contributed by atoms with E-state index in [1.165, 1.54) is 6.07 Å². The van der Waals surface area contributed by atoms with Crippen molar-refractivity contribution in [1.82, 2.24) is 0 Å². The summed E-state index contributed by atoms with van der Waals surface area (Å²) in [7, 11) is 0. The fraction of sp³-hybridized carbons (Fsp3) is 0.250. The van der Waals surface area contributed by atoms with E-state index < -0.39 is 22.4 Å². The van der Waals surface area contributed by atoms with Gasteiger partial charge < -0.3 is 5.73 Å². The quantitative estimate of drug-likeness (QED) is 0.612. The zero-order valence-corrected chi connectivity index (χ0v) is 7.41. The highest BCUT2D eigenvalue weighted by molar-refractivity contribution is 5.44. The minimum atomic E-state index is -4.74. The predicted octanol–water partition coefficient (Wildman–Crippen LogP) is 2.07. The first-order chi connectivity index (χ1) is 6.86. The number of nitrogens with two attached hydrogens (primary N) is 1. The first-order valence-corrected chi connectivity index (χ1v) is 3.91. The smallest absolute Gasteiger partial charge is 0.326 e. The minimum Gasteiger partial charge on any atom is -0.326 e. The molecule has 0 unspecified atom stereocenters. The third kappa shape index (κ3) is 2.44. The van der Waals surface area contributed by atoms with E-state index in [1.54, 1.807) is 0 Å². The van der Waals surface area contributed by atoms with Crippen molar-refractivity contribution in [3.63, 3.8) is 0 Å². The molecule has 0 saturated heterocycles. The molecule has 1 rings (SSSR count). The van der Waals surface area contributed by atoms with Crippen molar-refractivity contribution >= 4 is 5.69 Å². The molecule has 15 heavy (non-hydrogen) atoms. The van der Waals surface area contributed by atoms with Crippen LogP contribution in [0.5, 0.6) is 0 Å². The summed E-state index contributed by atoms with van der Waals surface area (Å²) >= 11 is 0. The molecule has 0 saturated carbocycles. The van der Waals surface area contributed by atoms with E-state index in [0.717, 1.165) is 6.07 Å². The van der Waals surface area contributed by atoms with E-state index in [2.05, 4.69) is 0 Å². The summed E-state index contributed by atoms with van der Waals surface area (Å²) in [6, 6.07) is 2.70. The summed E-state index contributed by atoms with van der Waals surface area (Å²) in [5.74, 6) is 0. The summed E-state index contributed by atoms with van der Waals surface area (Å²) in [4.78, 5) is 9.28. The first-order valence-electron chi connectivity index (χ1n) is 3.91. The first kappa shape index (κ1) is 11.4. The number of hydrogen-bond donors (Lipinski definition) is 1. The van der Waals surface area contributed by atoms with Gasteiger partial charge in [0.05, 0.1) is 4.92 Å². The molecule has 0 aliphatic rings. The minimum absolute atomic E-state index is 0.0962. The second-order valence-corrected chi connectivity index (χ2v) is 2.81. The highest BCUT2D eigenvalue weighted by Crippen LogP contribution is 2.36. The molecule has 0 aliphatic heterocycles. The van der Waals surface area contributed by atoms with Gasteiger partial charge in [0.15, 0.2) is 0 Å². The SMILES string of the molecule is NCc1ccc([N+](=O)[O-])c(C(F)(F)F)c1. The van der Waals surface area contributed by atoms with Gasteiger partial charge in [0.2, 0.25) is 0 Å².